The second kappa shape index (κ2) is 7.02. The van der Waals surface area contributed by atoms with E-state index in [-0.39, 0.29) is 30.4 Å². The first-order chi connectivity index (χ1) is 9.54. The van der Waals surface area contributed by atoms with Gasteiger partial charge in [-0.2, -0.15) is 10.5 Å². The van der Waals surface area contributed by atoms with Crippen LogP contribution in [0.2, 0.25) is 0 Å². The molecule has 0 aliphatic carbocycles. The van der Waals surface area contributed by atoms with Gasteiger partial charge in [0.2, 0.25) is 0 Å². The van der Waals surface area contributed by atoms with Crippen LogP contribution in [0.4, 0.5) is 5.69 Å². The van der Waals surface area contributed by atoms with Crippen molar-refractivity contribution in [3.05, 3.63) is 17.7 Å². The molecule has 0 aromatic carbocycles. The lowest BCUT2D eigenvalue weighted by molar-refractivity contribution is 0.0789. The normalized spacial score (nSPS) is 9.70. The topological polar surface area (TPSA) is 132 Å². The number of amides is 1. The van der Waals surface area contributed by atoms with Gasteiger partial charge in [-0.1, -0.05) is 13.8 Å². The Hall–Kier alpha value is -2.71. The van der Waals surface area contributed by atoms with Crippen molar-refractivity contribution in [2.24, 2.45) is 5.84 Å². The molecule has 1 aromatic heterocycles. The summed E-state index contributed by atoms with van der Waals surface area (Å²) in [5, 5.41) is 17.4. The Morgan fingerprint density at radius 2 is 2.05 bits per heavy atom. The van der Waals surface area contributed by atoms with Crippen LogP contribution >= 0.6 is 0 Å². The van der Waals surface area contributed by atoms with Crippen LogP contribution in [0.3, 0.4) is 0 Å². The summed E-state index contributed by atoms with van der Waals surface area (Å²) in [5.41, 5.74) is 2.65. The van der Waals surface area contributed by atoms with Gasteiger partial charge in [0.1, 0.15) is 18.9 Å². The van der Waals surface area contributed by atoms with E-state index < -0.39 is 5.91 Å². The molecule has 0 bridgehead atoms. The van der Waals surface area contributed by atoms with E-state index in [1.54, 1.807) is 0 Å². The highest BCUT2D eigenvalue weighted by molar-refractivity contribution is 5.97. The molecule has 0 atom stereocenters. The van der Waals surface area contributed by atoms with Gasteiger partial charge in [-0.3, -0.25) is 10.6 Å². The number of anilines is 1. The Bertz CT molecular complexity index is 554. The Kier molecular flexibility index (Phi) is 5.39. The predicted octanol–water partition coefficient (Wildman–Crippen LogP) is 0.375. The van der Waals surface area contributed by atoms with Crippen molar-refractivity contribution in [1.29, 1.82) is 10.5 Å². The largest absolute Gasteiger partial charge is 0.321 e. The third kappa shape index (κ3) is 3.40. The molecule has 1 amide bonds. The molecule has 1 rings (SSSR count). The van der Waals surface area contributed by atoms with E-state index in [0.717, 1.165) is 4.90 Å². The summed E-state index contributed by atoms with van der Waals surface area (Å²) in [4.78, 5) is 21.7. The Morgan fingerprint density at radius 3 is 2.50 bits per heavy atom. The summed E-state index contributed by atoms with van der Waals surface area (Å²) in [6.45, 7) is 3.39. The first-order valence-electron chi connectivity index (χ1n) is 5.91. The number of hydrogen-bond acceptors (Lipinski definition) is 7. The van der Waals surface area contributed by atoms with Gasteiger partial charge in [-0.25, -0.2) is 9.97 Å². The third-order valence-corrected chi connectivity index (χ3v) is 2.49. The first kappa shape index (κ1) is 15.3. The maximum atomic E-state index is 12.3. The lowest BCUT2D eigenvalue weighted by atomic mass is 10.2. The third-order valence-electron chi connectivity index (χ3n) is 2.49. The van der Waals surface area contributed by atoms with Crippen molar-refractivity contribution in [3.8, 4) is 12.1 Å². The molecule has 0 aliphatic heterocycles. The minimum atomic E-state index is -0.537. The molecule has 0 spiro atoms. The van der Waals surface area contributed by atoms with Gasteiger partial charge in [-0.15, -0.1) is 0 Å². The minimum Gasteiger partial charge on any atom is -0.321 e. The van der Waals surface area contributed by atoms with E-state index in [1.165, 1.54) is 6.20 Å². The van der Waals surface area contributed by atoms with Gasteiger partial charge in [0.15, 0.2) is 5.69 Å². The average molecular weight is 273 g/mol. The molecule has 0 saturated heterocycles. The maximum absolute atomic E-state index is 12.3. The number of nitrogens with two attached hydrogens (primary N) is 1. The summed E-state index contributed by atoms with van der Waals surface area (Å²) in [5.74, 6) is 5.32. The lowest BCUT2D eigenvalue weighted by Crippen LogP contribution is -2.33. The van der Waals surface area contributed by atoms with Crippen LogP contribution in [0.25, 0.3) is 0 Å². The summed E-state index contributed by atoms with van der Waals surface area (Å²) in [6.07, 6.45) is 1.41. The highest BCUT2D eigenvalue weighted by Gasteiger charge is 2.21. The van der Waals surface area contributed by atoms with Crippen LogP contribution in [-0.4, -0.2) is 33.9 Å². The molecule has 3 N–H and O–H groups in total. The molecule has 0 radical (unpaired) electrons. The number of hydrazine groups is 1. The van der Waals surface area contributed by atoms with E-state index in [9.17, 15) is 4.79 Å². The smallest absolute Gasteiger partial charge is 0.276 e. The van der Waals surface area contributed by atoms with Gasteiger partial charge < -0.3 is 10.3 Å². The van der Waals surface area contributed by atoms with Crippen LogP contribution in [-0.2, 0) is 0 Å². The SMILES string of the molecule is CC(C)c1ncc(NN)c(C(=O)N(CC#N)CC#N)n1. The fraction of sp³-hybridized carbons (Fsp3) is 0.417. The molecule has 8 heteroatoms. The molecule has 1 heterocycles. The van der Waals surface area contributed by atoms with Crippen molar-refractivity contribution in [3.63, 3.8) is 0 Å². The average Bonchev–Trinajstić information content (AvgIpc) is 2.45. The van der Waals surface area contributed by atoms with Gasteiger partial charge in [-0.05, 0) is 0 Å². The van der Waals surface area contributed by atoms with E-state index in [2.05, 4.69) is 15.4 Å². The number of aromatic nitrogens is 2. The summed E-state index contributed by atoms with van der Waals surface area (Å²) >= 11 is 0. The molecule has 8 nitrogen and oxygen atoms in total. The maximum Gasteiger partial charge on any atom is 0.276 e. The van der Waals surface area contributed by atoms with E-state index in [0.29, 0.717) is 5.82 Å². The molecule has 0 saturated carbocycles. The molecule has 0 aliphatic rings. The lowest BCUT2D eigenvalue weighted by Gasteiger charge is -2.17. The summed E-state index contributed by atoms with van der Waals surface area (Å²) in [7, 11) is 0. The van der Waals surface area contributed by atoms with Gasteiger partial charge in [0, 0.05) is 5.92 Å². The number of nitrogens with one attached hydrogen (secondary N) is 1. The van der Waals surface area contributed by atoms with Crippen molar-refractivity contribution >= 4 is 11.6 Å². The number of carbonyl (C=O) groups is 1. The first-order valence-corrected chi connectivity index (χ1v) is 5.91. The van der Waals surface area contributed by atoms with Crippen LogP contribution < -0.4 is 11.3 Å². The minimum absolute atomic E-state index is 0.0359. The number of carbonyl (C=O) groups excluding carboxylic acids is 1. The zero-order valence-corrected chi connectivity index (χ0v) is 11.3. The summed E-state index contributed by atoms with van der Waals surface area (Å²) in [6, 6.07) is 3.67. The number of nitriles is 2. The van der Waals surface area contributed by atoms with Crippen LogP contribution in [0, 0.1) is 22.7 Å². The zero-order valence-electron chi connectivity index (χ0n) is 11.3. The molecular formula is C12H15N7O. The Labute approximate surface area is 116 Å². The molecule has 20 heavy (non-hydrogen) atoms. The van der Waals surface area contributed by atoms with E-state index in [1.807, 2.05) is 26.0 Å². The standard InChI is InChI=1S/C12H15N7O/c1-8(2)11-16-7-9(18-15)10(17-11)12(20)19(5-3-13)6-4-14/h7-8,18H,5-6,15H2,1-2H3. The van der Waals surface area contributed by atoms with Crippen molar-refractivity contribution in [1.82, 2.24) is 14.9 Å². The number of nitrogens with zero attached hydrogens (tertiary/aromatic N) is 5. The van der Waals surface area contributed by atoms with Crippen LogP contribution in [0.15, 0.2) is 6.20 Å². The monoisotopic (exact) mass is 273 g/mol. The number of hydrogen-bond donors (Lipinski definition) is 2. The summed E-state index contributed by atoms with van der Waals surface area (Å²) < 4.78 is 0. The second-order valence-electron chi connectivity index (χ2n) is 4.27. The fourth-order valence-electron chi connectivity index (χ4n) is 1.46. The second-order valence-corrected chi connectivity index (χ2v) is 4.27. The zero-order chi connectivity index (χ0) is 15.1. The Balaban J connectivity index is 3.21. The van der Waals surface area contributed by atoms with Gasteiger partial charge >= 0.3 is 0 Å². The van der Waals surface area contributed by atoms with Crippen LogP contribution in [0.1, 0.15) is 36.1 Å². The van der Waals surface area contributed by atoms with E-state index >= 15 is 0 Å². The molecule has 1 aromatic rings. The molecular weight excluding hydrogens is 258 g/mol. The predicted molar refractivity (Wildman–Crippen MR) is 71.1 cm³/mol. The van der Waals surface area contributed by atoms with Gasteiger partial charge in [0.25, 0.3) is 5.91 Å². The number of nitrogen functional groups attached to an aromatic ring is 1. The molecule has 104 valence electrons. The van der Waals surface area contributed by atoms with Gasteiger partial charge in [0.05, 0.1) is 24.0 Å². The quantitative estimate of drug-likeness (QED) is 0.450. The van der Waals surface area contributed by atoms with Crippen molar-refractivity contribution < 1.29 is 4.79 Å². The van der Waals surface area contributed by atoms with Crippen molar-refractivity contribution in [2.45, 2.75) is 19.8 Å². The fourth-order valence-corrected chi connectivity index (χ4v) is 1.46. The Morgan fingerprint density at radius 1 is 1.45 bits per heavy atom. The van der Waals surface area contributed by atoms with Crippen LogP contribution in [0.5, 0.6) is 0 Å². The van der Waals surface area contributed by atoms with E-state index in [4.69, 9.17) is 16.4 Å². The van der Waals surface area contributed by atoms with Crippen molar-refractivity contribution in [2.75, 3.05) is 18.5 Å². The molecule has 0 unspecified atom stereocenters. The number of rotatable bonds is 5. The highest BCUT2D eigenvalue weighted by atomic mass is 16.2. The highest BCUT2D eigenvalue weighted by Crippen LogP contribution is 2.17. The molecule has 0 fully saturated rings.